The zero-order chi connectivity index (χ0) is 22.5. The molecule has 2 N–H and O–H groups in total. The smallest absolute Gasteiger partial charge is 0.227 e. The second-order valence-corrected chi connectivity index (χ2v) is 8.44. The molecule has 4 nitrogen and oxygen atoms in total. The van der Waals surface area contributed by atoms with Crippen molar-refractivity contribution in [1.29, 1.82) is 0 Å². The molecular weight excluding hydrogens is 443 g/mol. The number of hydrogen-bond donors (Lipinski definition) is 2. The molecule has 0 aromatic heterocycles. The summed E-state index contributed by atoms with van der Waals surface area (Å²) >= 11 is 13.0. The van der Waals surface area contributed by atoms with Crippen molar-refractivity contribution in [3.05, 3.63) is 69.9 Å². The van der Waals surface area contributed by atoms with Gasteiger partial charge in [0.15, 0.2) is 0 Å². The molecule has 2 aromatic carbocycles. The third kappa shape index (κ3) is 5.89. The van der Waals surface area contributed by atoms with Gasteiger partial charge >= 0.3 is 0 Å². The Balaban J connectivity index is 1.75. The predicted octanol–water partition coefficient (Wildman–Crippen LogP) is 5.79. The van der Waals surface area contributed by atoms with E-state index < -0.39 is 11.6 Å². The minimum Gasteiger partial charge on any atom is -0.388 e. The van der Waals surface area contributed by atoms with E-state index in [2.05, 4.69) is 17.2 Å². The number of amides is 1. The average molecular weight is 468 g/mol. The Kier molecular flexibility index (Phi) is 7.79. The lowest BCUT2D eigenvalue weighted by molar-refractivity contribution is -0.120. The quantitative estimate of drug-likeness (QED) is 0.516. The molecule has 1 unspecified atom stereocenters. The van der Waals surface area contributed by atoms with Gasteiger partial charge < -0.3 is 15.5 Å². The van der Waals surface area contributed by atoms with Crippen molar-refractivity contribution in [3.8, 4) is 0 Å². The summed E-state index contributed by atoms with van der Waals surface area (Å²) < 4.78 is 27.3. The Morgan fingerprint density at radius 3 is 2.58 bits per heavy atom. The number of rotatable bonds is 8. The Morgan fingerprint density at radius 1 is 1.23 bits per heavy atom. The number of nitrogens with one attached hydrogen (secondary N) is 2. The van der Waals surface area contributed by atoms with Gasteiger partial charge in [-0.05, 0) is 49.4 Å². The largest absolute Gasteiger partial charge is 0.388 e. The van der Waals surface area contributed by atoms with Crippen molar-refractivity contribution in [2.24, 2.45) is 5.92 Å². The second-order valence-electron chi connectivity index (χ2n) is 7.62. The average Bonchev–Trinajstić information content (AvgIpc) is 2.70. The summed E-state index contributed by atoms with van der Waals surface area (Å²) in [5, 5.41) is 7.03. The summed E-state index contributed by atoms with van der Waals surface area (Å²) in [6.07, 6.45) is 1.33. The second kappa shape index (κ2) is 10.3. The van der Waals surface area contributed by atoms with Crippen LogP contribution < -0.4 is 15.5 Å². The monoisotopic (exact) mass is 467 g/mol. The van der Waals surface area contributed by atoms with E-state index in [1.807, 2.05) is 6.92 Å². The number of piperidine rings is 1. The van der Waals surface area contributed by atoms with E-state index >= 15 is 0 Å². The zero-order valence-corrected chi connectivity index (χ0v) is 18.8. The molecule has 0 aliphatic carbocycles. The number of hydrogen-bond acceptors (Lipinski definition) is 3. The summed E-state index contributed by atoms with van der Waals surface area (Å²) in [6, 6.07) is 7.02. The minimum absolute atomic E-state index is 0.00559. The van der Waals surface area contributed by atoms with E-state index in [0.29, 0.717) is 59.3 Å². The van der Waals surface area contributed by atoms with Gasteiger partial charge in [-0.1, -0.05) is 35.8 Å². The lowest BCUT2D eigenvalue weighted by Gasteiger charge is -2.34. The molecule has 31 heavy (non-hydrogen) atoms. The van der Waals surface area contributed by atoms with Crippen LogP contribution in [0, 0.1) is 17.6 Å². The van der Waals surface area contributed by atoms with Crippen molar-refractivity contribution in [2.45, 2.75) is 26.2 Å². The van der Waals surface area contributed by atoms with Gasteiger partial charge in [0.25, 0.3) is 0 Å². The lowest BCUT2D eigenvalue weighted by Crippen LogP contribution is -2.41. The number of carbonyl (C=O) groups is 1. The molecule has 8 heteroatoms. The van der Waals surface area contributed by atoms with Crippen LogP contribution in [-0.4, -0.2) is 25.5 Å². The first kappa shape index (κ1) is 23.4. The van der Waals surface area contributed by atoms with Gasteiger partial charge in [0.2, 0.25) is 5.91 Å². The van der Waals surface area contributed by atoms with Gasteiger partial charge in [0, 0.05) is 37.0 Å². The third-order valence-electron chi connectivity index (χ3n) is 5.25. The maximum atomic E-state index is 14.1. The molecule has 0 saturated carbocycles. The first-order valence-electron chi connectivity index (χ1n) is 10.2. The van der Waals surface area contributed by atoms with E-state index in [-0.39, 0.29) is 11.8 Å². The number of anilines is 2. The Bertz CT molecular complexity index is 960. The van der Waals surface area contributed by atoms with Crippen LogP contribution in [-0.2, 0) is 11.2 Å². The van der Waals surface area contributed by atoms with Crippen LogP contribution in [0.3, 0.4) is 0 Å². The number of nitrogens with zero attached hydrogens (tertiary/aromatic N) is 1. The predicted molar refractivity (Wildman–Crippen MR) is 123 cm³/mol. The maximum absolute atomic E-state index is 14.1. The van der Waals surface area contributed by atoms with Crippen LogP contribution in [0.15, 0.2) is 42.6 Å². The summed E-state index contributed by atoms with van der Waals surface area (Å²) in [4.78, 5) is 14.2. The molecular formula is C23H25Cl2F2N3O. The van der Waals surface area contributed by atoms with Crippen molar-refractivity contribution in [3.63, 3.8) is 0 Å². The van der Waals surface area contributed by atoms with Crippen molar-refractivity contribution in [1.82, 2.24) is 5.32 Å². The minimum atomic E-state index is -0.608. The topological polar surface area (TPSA) is 44.4 Å². The molecule has 2 aromatic rings. The highest BCUT2D eigenvalue weighted by Gasteiger charge is 2.30. The number of likely N-dealkylation sites (N-methyl/N-ethyl adjacent to an activating group) is 1. The standard InChI is InChI=1S/C23H25Cl2F2N3O/c1-3-28-14(2)12-29-18-10-19(24)23(20(25)11-18)30-13-15(4-7-22(30)31)8-16-5-6-17(26)9-21(16)27/h5-6,9-11,15,28-29H,2-4,7-8,12-13H2,1H3. The molecule has 1 saturated heterocycles. The summed E-state index contributed by atoms with van der Waals surface area (Å²) in [5.74, 6) is -1.26. The Labute approximate surface area is 191 Å². The van der Waals surface area contributed by atoms with Crippen LogP contribution in [0.1, 0.15) is 25.3 Å². The highest BCUT2D eigenvalue weighted by Crippen LogP contribution is 2.39. The third-order valence-corrected chi connectivity index (χ3v) is 5.83. The number of benzene rings is 2. The van der Waals surface area contributed by atoms with Gasteiger partial charge in [-0.15, -0.1) is 0 Å². The van der Waals surface area contributed by atoms with Gasteiger partial charge in [0.1, 0.15) is 11.6 Å². The van der Waals surface area contributed by atoms with E-state index in [9.17, 15) is 13.6 Å². The fourth-order valence-electron chi connectivity index (χ4n) is 3.74. The summed E-state index contributed by atoms with van der Waals surface area (Å²) in [5.41, 5.74) is 2.43. The van der Waals surface area contributed by atoms with Crippen LogP contribution in [0.4, 0.5) is 20.2 Å². The zero-order valence-electron chi connectivity index (χ0n) is 17.3. The number of carbonyl (C=O) groups excluding carboxylic acids is 1. The lowest BCUT2D eigenvalue weighted by atomic mass is 9.90. The summed E-state index contributed by atoms with van der Waals surface area (Å²) in [6.45, 7) is 7.55. The van der Waals surface area contributed by atoms with Crippen molar-refractivity contribution < 1.29 is 13.6 Å². The highest BCUT2D eigenvalue weighted by atomic mass is 35.5. The molecule has 0 spiro atoms. The van der Waals surface area contributed by atoms with Crippen LogP contribution >= 0.6 is 23.2 Å². The molecule has 1 fully saturated rings. The van der Waals surface area contributed by atoms with Gasteiger partial charge in [-0.25, -0.2) is 8.78 Å². The Morgan fingerprint density at radius 2 is 1.94 bits per heavy atom. The fourth-order valence-corrected chi connectivity index (χ4v) is 4.43. The fraction of sp³-hybridized carbons (Fsp3) is 0.348. The van der Waals surface area contributed by atoms with E-state index in [0.717, 1.165) is 18.3 Å². The molecule has 1 atom stereocenters. The molecule has 1 aliphatic rings. The van der Waals surface area contributed by atoms with Crippen LogP contribution in [0.2, 0.25) is 10.0 Å². The maximum Gasteiger partial charge on any atom is 0.227 e. The van der Waals surface area contributed by atoms with Gasteiger partial charge in [0.05, 0.1) is 22.3 Å². The van der Waals surface area contributed by atoms with Gasteiger partial charge in [-0.2, -0.15) is 0 Å². The van der Waals surface area contributed by atoms with Gasteiger partial charge in [-0.3, -0.25) is 4.79 Å². The van der Waals surface area contributed by atoms with Crippen molar-refractivity contribution in [2.75, 3.05) is 29.9 Å². The first-order valence-corrected chi connectivity index (χ1v) is 10.9. The van der Waals surface area contributed by atoms with Crippen LogP contribution in [0.25, 0.3) is 0 Å². The molecule has 0 radical (unpaired) electrons. The SMILES string of the molecule is C=C(CNc1cc(Cl)c(N2CC(Cc3ccc(F)cc3F)CCC2=O)c(Cl)c1)NCC. The van der Waals surface area contributed by atoms with E-state index in [1.54, 1.807) is 17.0 Å². The van der Waals surface area contributed by atoms with Crippen molar-refractivity contribution >= 4 is 40.5 Å². The first-order chi connectivity index (χ1) is 14.8. The van der Waals surface area contributed by atoms with E-state index in [4.69, 9.17) is 23.2 Å². The molecule has 1 amide bonds. The summed E-state index contributed by atoms with van der Waals surface area (Å²) in [7, 11) is 0. The number of halogens is 4. The molecule has 0 bridgehead atoms. The molecule has 1 heterocycles. The molecule has 166 valence electrons. The molecule has 1 aliphatic heterocycles. The van der Waals surface area contributed by atoms with Crippen LogP contribution in [0.5, 0.6) is 0 Å². The normalized spacial score (nSPS) is 16.4. The Hall–Kier alpha value is -2.31. The van der Waals surface area contributed by atoms with E-state index in [1.165, 1.54) is 12.1 Å². The highest BCUT2D eigenvalue weighted by molar-refractivity contribution is 6.40. The molecule has 3 rings (SSSR count).